The van der Waals surface area contributed by atoms with E-state index in [4.69, 9.17) is 0 Å². The third kappa shape index (κ3) is 8.90. The van der Waals surface area contributed by atoms with Gasteiger partial charge in [-0.05, 0) is 24.8 Å². The molecule has 1 aromatic carbocycles. The van der Waals surface area contributed by atoms with Crippen LogP contribution in [0.3, 0.4) is 0 Å². The van der Waals surface area contributed by atoms with Crippen LogP contribution in [0.4, 0.5) is 0 Å². The van der Waals surface area contributed by atoms with E-state index in [-0.39, 0.29) is 0 Å². The van der Waals surface area contributed by atoms with Crippen molar-refractivity contribution >= 4 is 5.78 Å². The monoisotopic (exact) mass is 274 g/mol. The Labute approximate surface area is 124 Å². The Kier molecular flexibility index (Phi) is 9.91. The lowest BCUT2D eigenvalue weighted by Gasteiger charge is -2.03. The third-order valence-corrected chi connectivity index (χ3v) is 3.91. The summed E-state index contributed by atoms with van der Waals surface area (Å²) < 4.78 is 0. The summed E-state index contributed by atoms with van der Waals surface area (Å²) in [6.07, 6.45) is 13.1. The zero-order valence-electron chi connectivity index (χ0n) is 13.1. The van der Waals surface area contributed by atoms with E-state index in [1.165, 1.54) is 56.9 Å². The number of aryl methyl sites for hydroxylation is 1. The minimum Gasteiger partial charge on any atom is -0.300 e. The number of ketones is 1. The number of Topliss-reactive ketones (excluding diaryl/α,β-unsaturated/α-hetero) is 1. The number of unbranched alkanes of at least 4 members (excludes halogenated alkanes) is 7. The number of carbonyl (C=O) groups excluding carboxylic acids is 1. The minimum atomic E-state index is 0.422. The average molecular weight is 274 g/mol. The molecule has 0 fully saturated rings. The van der Waals surface area contributed by atoms with Crippen LogP contribution < -0.4 is 0 Å². The molecule has 0 N–H and O–H groups in total. The van der Waals surface area contributed by atoms with Crippen molar-refractivity contribution < 1.29 is 4.79 Å². The van der Waals surface area contributed by atoms with Crippen LogP contribution in [0.15, 0.2) is 30.3 Å². The van der Waals surface area contributed by atoms with Crippen LogP contribution in [0.1, 0.15) is 76.7 Å². The molecule has 1 heteroatoms. The van der Waals surface area contributed by atoms with Crippen molar-refractivity contribution in [1.82, 2.24) is 0 Å². The fourth-order valence-corrected chi connectivity index (χ4v) is 2.53. The Morgan fingerprint density at radius 2 is 1.35 bits per heavy atom. The van der Waals surface area contributed by atoms with Gasteiger partial charge in [-0.1, -0.05) is 75.8 Å². The maximum Gasteiger partial charge on any atom is 0.132 e. The largest absolute Gasteiger partial charge is 0.300 e. The quantitative estimate of drug-likeness (QED) is 0.445. The fraction of sp³-hybridized carbons (Fsp3) is 0.632. The molecule has 0 atom stereocenters. The molecule has 0 aliphatic rings. The summed E-state index contributed by atoms with van der Waals surface area (Å²) in [7, 11) is 0. The van der Waals surface area contributed by atoms with Crippen LogP contribution in [0, 0.1) is 0 Å². The van der Waals surface area contributed by atoms with Gasteiger partial charge in [-0.3, -0.25) is 4.79 Å². The summed E-state index contributed by atoms with van der Waals surface area (Å²) in [6, 6.07) is 10.8. The average Bonchev–Trinajstić information content (AvgIpc) is 2.50. The van der Waals surface area contributed by atoms with Crippen LogP contribution in [-0.4, -0.2) is 5.78 Å². The van der Waals surface area contributed by atoms with E-state index in [0.717, 1.165) is 12.8 Å². The first-order valence-electron chi connectivity index (χ1n) is 8.38. The molecule has 1 rings (SSSR count). The smallest absolute Gasteiger partial charge is 0.132 e. The SMILES string of the molecule is CCC(=O)CCCCCCCCCCc1ccccc1. The predicted molar refractivity (Wildman–Crippen MR) is 87.0 cm³/mol. The Morgan fingerprint density at radius 1 is 0.800 bits per heavy atom. The second-order valence-corrected chi connectivity index (χ2v) is 5.71. The lowest BCUT2D eigenvalue weighted by molar-refractivity contribution is -0.118. The highest BCUT2D eigenvalue weighted by atomic mass is 16.1. The van der Waals surface area contributed by atoms with E-state index in [1.807, 2.05) is 6.92 Å². The molecule has 0 saturated carbocycles. The van der Waals surface area contributed by atoms with Crippen LogP contribution in [-0.2, 0) is 11.2 Å². The van der Waals surface area contributed by atoms with Gasteiger partial charge in [-0.15, -0.1) is 0 Å². The van der Waals surface area contributed by atoms with Crippen molar-refractivity contribution in [3.05, 3.63) is 35.9 Å². The number of hydrogen-bond acceptors (Lipinski definition) is 1. The fourth-order valence-electron chi connectivity index (χ4n) is 2.53. The molecule has 20 heavy (non-hydrogen) atoms. The van der Waals surface area contributed by atoms with Gasteiger partial charge >= 0.3 is 0 Å². The van der Waals surface area contributed by atoms with Gasteiger partial charge in [-0.25, -0.2) is 0 Å². The second-order valence-electron chi connectivity index (χ2n) is 5.71. The van der Waals surface area contributed by atoms with Crippen molar-refractivity contribution in [3.63, 3.8) is 0 Å². The predicted octanol–water partition coefficient (Wildman–Crippen LogP) is 5.72. The molecule has 1 aromatic rings. The highest BCUT2D eigenvalue weighted by Crippen LogP contribution is 2.12. The Bertz CT molecular complexity index is 342. The molecule has 0 spiro atoms. The molecule has 0 heterocycles. The van der Waals surface area contributed by atoms with Gasteiger partial charge in [0.05, 0.1) is 0 Å². The molecule has 0 radical (unpaired) electrons. The molecule has 0 saturated heterocycles. The van der Waals surface area contributed by atoms with Crippen LogP contribution in [0.2, 0.25) is 0 Å². The Hall–Kier alpha value is -1.11. The van der Waals surface area contributed by atoms with Gasteiger partial charge in [0.15, 0.2) is 0 Å². The molecule has 0 unspecified atom stereocenters. The summed E-state index contributed by atoms with van der Waals surface area (Å²) in [5.74, 6) is 0.422. The third-order valence-electron chi connectivity index (χ3n) is 3.91. The van der Waals surface area contributed by atoms with Gasteiger partial charge in [0.1, 0.15) is 5.78 Å². The van der Waals surface area contributed by atoms with Crippen molar-refractivity contribution in [2.45, 2.75) is 77.6 Å². The van der Waals surface area contributed by atoms with E-state index in [1.54, 1.807) is 0 Å². The highest BCUT2D eigenvalue weighted by molar-refractivity contribution is 5.77. The summed E-state index contributed by atoms with van der Waals surface area (Å²) in [5, 5.41) is 0. The normalized spacial score (nSPS) is 10.7. The van der Waals surface area contributed by atoms with E-state index < -0.39 is 0 Å². The summed E-state index contributed by atoms with van der Waals surface area (Å²) >= 11 is 0. The second kappa shape index (κ2) is 11.7. The number of hydrogen-bond donors (Lipinski definition) is 0. The standard InChI is InChI=1S/C19H30O/c1-2-19(20)17-13-8-6-4-3-5-7-10-14-18-15-11-9-12-16-18/h9,11-12,15-16H,2-8,10,13-14,17H2,1H3. The minimum absolute atomic E-state index is 0.422. The van der Waals surface area contributed by atoms with Gasteiger partial charge in [0, 0.05) is 12.8 Å². The highest BCUT2D eigenvalue weighted by Gasteiger charge is 1.98. The topological polar surface area (TPSA) is 17.1 Å². The zero-order chi connectivity index (χ0) is 14.5. The van der Waals surface area contributed by atoms with E-state index >= 15 is 0 Å². The van der Waals surface area contributed by atoms with Crippen molar-refractivity contribution in [1.29, 1.82) is 0 Å². The maximum atomic E-state index is 11.1. The van der Waals surface area contributed by atoms with Crippen LogP contribution in [0.5, 0.6) is 0 Å². The first-order valence-corrected chi connectivity index (χ1v) is 8.38. The molecule has 0 aliphatic carbocycles. The van der Waals surface area contributed by atoms with E-state index in [9.17, 15) is 4.79 Å². The Morgan fingerprint density at radius 3 is 1.95 bits per heavy atom. The molecular weight excluding hydrogens is 244 g/mol. The van der Waals surface area contributed by atoms with Crippen molar-refractivity contribution in [2.75, 3.05) is 0 Å². The number of benzene rings is 1. The number of carbonyl (C=O) groups is 1. The molecule has 0 amide bonds. The molecule has 0 bridgehead atoms. The summed E-state index contributed by atoms with van der Waals surface area (Å²) in [6.45, 7) is 1.96. The molecule has 0 aliphatic heterocycles. The van der Waals surface area contributed by atoms with Gasteiger partial charge in [-0.2, -0.15) is 0 Å². The summed E-state index contributed by atoms with van der Waals surface area (Å²) in [4.78, 5) is 11.1. The van der Waals surface area contributed by atoms with Gasteiger partial charge in [0.2, 0.25) is 0 Å². The van der Waals surface area contributed by atoms with Crippen LogP contribution >= 0.6 is 0 Å². The molecule has 0 aromatic heterocycles. The zero-order valence-corrected chi connectivity index (χ0v) is 13.1. The first-order chi connectivity index (χ1) is 9.83. The maximum absolute atomic E-state index is 11.1. The van der Waals surface area contributed by atoms with Crippen molar-refractivity contribution in [2.24, 2.45) is 0 Å². The lowest BCUT2D eigenvalue weighted by Crippen LogP contribution is -1.94. The van der Waals surface area contributed by atoms with Gasteiger partial charge in [0.25, 0.3) is 0 Å². The lowest BCUT2D eigenvalue weighted by atomic mass is 10.0. The number of rotatable bonds is 12. The van der Waals surface area contributed by atoms with Crippen LogP contribution in [0.25, 0.3) is 0 Å². The van der Waals surface area contributed by atoms with Crippen molar-refractivity contribution in [3.8, 4) is 0 Å². The molecular formula is C19H30O. The molecule has 112 valence electrons. The summed E-state index contributed by atoms with van der Waals surface area (Å²) in [5.41, 5.74) is 1.47. The van der Waals surface area contributed by atoms with E-state index in [0.29, 0.717) is 12.2 Å². The Balaban J connectivity index is 1.82. The van der Waals surface area contributed by atoms with Gasteiger partial charge < -0.3 is 0 Å². The first kappa shape index (κ1) is 16.9. The molecule has 1 nitrogen and oxygen atoms in total. The van der Waals surface area contributed by atoms with E-state index in [2.05, 4.69) is 30.3 Å².